The number of nitrogens with zero attached hydrogens (tertiary/aromatic N) is 4. The Balaban J connectivity index is 1.77. The zero-order chi connectivity index (χ0) is 22.9. The van der Waals surface area contributed by atoms with Crippen molar-refractivity contribution in [2.45, 2.75) is 50.2 Å². The van der Waals surface area contributed by atoms with Crippen LogP contribution in [-0.4, -0.2) is 39.9 Å². The largest absolute Gasteiger partial charge is 0.573 e. The Morgan fingerprint density at radius 3 is 2.47 bits per heavy atom. The van der Waals surface area contributed by atoms with Crippen molar-refractivity contribution in [2.24, 2.45) is 0 Å². The van der Waals surface area contributed by atoms with Crippen molar-refractivity contribution in [1.82, 2.24) is 19.1 Å². The molecule has 1 aliphatic rings. The van der Waals surface area contributed by atoms with E-state index in [4.69, 9.17) is 0 Å². The van der Waals surface area contributed by atoms with E-state index in [-0.39, 0.29) is 6.54 Å². The molecular formula is C21H21F3N4O3S. The number of rotatable bonds is 5. The third-order valence-electron chi connectivity index (χ3n) is 5.38. The molecule has 0 radical (unpaired) electrons. The highest BCUT2D eigenvalue weighted by atomic mass is 32.2. The fourth-order valence-electron chi connectivity index (χ4n) is 3.89. The molecule has 32 heavy (non-hydrogen) atoms. The topological polar surface area (TPSA) is 77.3 Å². The molecule has 0 saturated carbocycles. The second-order valence-corrected chi connectivity index (χ2v) is 9.35. The maximum Gasteiger partial charge on any atom is 0.573 e. The Bertz CT molecular complexity index is 1200. The first-order chi connectivity index (χ1) is 15.1. The molecule has 1 aliphatic heterocycles. The minimum absolute atomic E-state index is 0.110. The van der Waals surface area contributed by atoms with Gasteiger partial charge in [0, 0.05) is 12.6 Å². The molecule has 0 amide bonds. The maximum atomic E-state index is 13.7. The summed E-state index contributed by atoms with van der Waals surface area (Å²) in [5.41, 5.74) is 0.923. The van der Waals surface area contributed by atoms with Crippen LogP contribution in [0.4, 0.5) is 13.2 Å². The average Bonchev–Trinajstić information content (AvgIpc) is 2.97. The van der Waals surface area contributed by atoms with Crippen molar-refractivity contribution in [2.75, 3.05) is 0 Å². The molecule has 170 valence electrons. The van der Waals surface area contributed by atoms with Crippen LogP contribution in [0.25, 0.3) is 0 Å². The van der Waals surface area contributed by atoms with Gasteiger partial charge in [0.25, 0.3) is 0 Å². The number of alkyl halides is 3. The van der Waals surface area contributed by atoms with Crippen molar-refractivity contribution in [1.29, 1.82) is 0 Å². The molecule has 1 aromatic heterocycles. The van der Waals surface area contributed by atoms with E-state index in [0.717, 1.165) is 17.7 Å². The Kier molecular flexibility index (Phi) is 5.95. The first-order valence-corrected chi connectivity index (χ1v) is 11.4. The number of ether oxygens (including phenoxy) is 1. The molecular weight excluding hydrogens is 445 g/mol. The highest BCUT2D eigenvalue weighted by molar-refractivity contribution is 7.89. The zero-order valence-electron chi connectivity index (χ0n) is 17.2. The lowest BCUT2D eigenvalue weighted by Gasteiger charge is -2.29. The van der Waals surface area contributed by atoms with Gasteiger partial charge >= 0.3 is 6.36 Å². The smallest absolute Gasteiger partial charge is 0.404 e. The summed E-state index contributed by atoms with van der Waals surface area (Å²) >= 11 is 0. The second kappa shape index (κ2) is 8.55. The minimum Gasteiger partial charge on any atom is -0.404 e. The van der Waals surface area contributed by atoms with E-state index in [2.05, 4.69) is 14.9 Å². The summed E-state index contributed by atoms with van der Waals surface area (Å²) in [7, 11) is -4.36. The maximum absolute atomic E-state index is 13.7. The molecule has 3 aromatic rings. The lowest BCUT2D eigenvalue weighted by Crippen LogP contribution is -2.40. The van der Waals surface area contributed by atoms with Crippen LogP contribution in [0.5, 0.6) is 5.75 Å². The molecule has 2 aromatic carbocycles. The van der Waals surface area contributed by atoms with E-state index >= 15 is 0 Å². The van der Waals surface area contributed by atoms with Crippen LogP contribution < -0.4 is 4.74 Å². The molecule has 0 spiro atoms. The quantitative estimate of drug-likeness (QED) is 0.573. The molecule has 0 fully saturated rings. The van der Waals surface area contributed by atoms with Gasteiger partial charge in [-0.2, -0.15) is 4.31 Å². The molecule has 7 nitrogen and oxygen atoms in total. The number of fused-ring (bicyclic) bond motifs is 1. The molecule has 11 heteroatoms. The van der Waals surface area contributed by atoms with Crippen LogP contribution in [0.3, 0.4) is 0 Å². The molecule has 1 atom stereocenters. The van der Waals surface area contributed by atoms with E-state index in [9.17, 15) is 21.6 Å². The molecule has 0 saturated heterocycles. The number of para-hydroxylation sites is 1. The van der Waals surface area contributed by atoms with Gasteiger partial charge in [-0.25, -0.2) is 8.42 Å². The first-order valence-electron chi connectivity index (χ1n) is 9.94. The van der Waals surface area contributed by atoms with Crippen molar-refractivity contribution >= 4 is 10.0 Å². The predicted molar refractivity (Wildman–Crippen MR) is 109 cm³/mol. The molecule has 0 N–H and O–H groups in total. The van der Waals surface area contributed by atoms with Gasteiger partial charge in [-0.05, 0) is 37.5 Å². The highest BCUT2D eigenvalue weighted by Crippen LogP contribution is 2.34. The van der Waals surface area contributed by atoms with Crippen molar-refractivity contribution < 1.29 is 26.3 Å². The highest BCUT2D eigenvalue weighted by Gasteiger charge is 2.39. The van der Waals surface area contributed by atoms with Crippen LogP contribution in [0.15, 0.2) is 59.5 Å². The van der Waals surface area contributed by atoms with Gasteiger partial charge in [0.2, 0.25) is 10.0 Å². The predicted octanol–water partition coefficient (Wildman–Crippen LogP) is 3.69. The average molecular weight is 466 g/mol. The molecule has 2 heterocycles. The zero-order valence-corrected chi connectivity index (χ0v) is 18.0. The summed E-state index contributed by atoms with van der Waals surface area (Å²) < 4.78 is 73.2. The van der Waals surface area contributed by atoms with Crippen LogP contribution >= 0.6 is 0 Å². The van der Waals surface area contributed by atoms with Crippen molar-refractivity contribution in [3.63, 3.8) is 0 Å². The van der Waals surface area contributed by atoms with Gasteiger partial charge in [-0.3, -0.25) is 0 Å². The van der Waals surface area contributed by atoms with E-state index < -0.39 is 33.1 Å². The molecule has 4 rings (SSSR count). The number of aryl methyl sites for hydroxylation is 1. The lowest BCUT2D eigenvalue weighted by molar-refractivity contribution is -0.275. The number of halogens is 3. The van der Waals surface area contributed by atoms with Gasteiger partial charge in [-0.15, -0.1) is 23.4 Å². The van der Waals surface area contributed by atoms with Gasteiger partial charge in [-0.1, -0.05) is 42.5 Å². The van der Waals surface area contributed by atoms with Crippen LogP contribution in [0.1, 0.15) is 23.6 Å². The number of hydrogen-bond donors (Lipinski definition) is 0. The lowest BCUT2D eigenvalue weighted by atomic mass is 10.0. The standard InChI is InChI=1S/C21H21F3N4O3S/c1-15-25-26-20-14-28(17(11-12-27(15)20)13-16-7-3-2-4-8-16)32(29,30)19-10-6-5-9-18(19)31-21(22,23)24/h2-10,17H,11-14H2,1H3. The summed E-state index contributed by atoms with van der Waals surface area (Å²) in [5, 5.41) is 8.11. The number of aromatic nitrogens is 3. The summed E-state index contributed by atoms with van der Waals surface area (Å²) in [6.45, 7) is 2.17. The number of hydrogen-bond acceptors (Lipinski definition) is 5. The van der Waals surface area contributed by atoms with Gasteiger partial charge in [0.1, 0.15) is 22.3 Å². The fourth-order valence-corrected chi connectivity index (χ4v) is 5.62. The summed E-state index contributed by atoms with van der Waals surface area (Å²) in [5.74, 6) is 0.328. The summed E-state index contributed by atoms with van der Waals surface area (Å²) in [6, 6.07) is 13.6. The van der Waals surface area contributed by atoms with E-state index in [1.165, 1.54) is 16.4 Å². The fraction of sp³-hybridized carbons (Fsp3) is 0.333. The Labute approximate surface area is 183 Å². The second-order valence-electron chi connectivity index (χ2n) is 7.49. The van der Waals surface area contributed by atoms with E-state index in [0.29, 0.717) is 31.0 Å². The third kappa shape index (κ3) is 4.63. The van der Waals surface area contributed by atoms with Crippen molar-refractivity contribution in [3.8, 4) is 5.75 Å². The third-order valence-corrected chi connectivity index (χ3v) is 7.32. The molecule has 0 aliphatic carbocycles. The Morgan fingerprint density at radius 1 is 1.06 bits per heavy atom. The molecule has 1 unspecified atom stereocenters. The van der Waals surface area contributed by atoms with Crippen LogP contribution in [0, 0.1) is 6.92 Å². The Hall–Kier alpha value is -2.92. The SMILES string of the molecule is Cc1nnc2n1CCC(Cc1ccccc1)N(S(=O)(=O)c1ccccc1OC(F)(F)F)C2. The summed E-state index contributed by atoms with van der Waals surface area (Å²) in [4.78, 5) is -0.542. The van der Waals surface area contributed by atoms with Crippen molar-refractivity contribution in [3.05, 3.63) is 71.8 Å². The van der Waals surface area contributed by atoms with E-state index in [1.807, 2.05) is 34.9 Å². The van der Waals surface area contributed by atoms with Gasteiger partial charge < -0.3 is 9.30 Å². The monoisotopic (exact) mass is 466 g/mol. The minimum atomic E-state index is -5.02. The summed E-state index contributed by atoms with van der Waals surface area (Å²) in [6.07, 6.45) is -4.17. The van der Waals surface area contributed by atoms with Gasteiger partial charge in [0.15, 0.2) is 0 Å². The number of benzene rings is 2. The number of sulfonamides is 1. The van der Waals surface area contributed by atoms with E-state index in [1.54, 1.807) is 6.92 Å². The molecule has 0 bridgehead atoms. The van der Waals surface area contributed by atoms with Crippen LogP contribution in [0.2, 0.25) is 0 Å². The van der Waals surface area contributed by atoms with Crippen LogP contribution in [-0.2, 0) is 29.5 Å². The Morgan fingerprint density at radius 2 is 1.75 bits per heavy atom. The first kappa shape index (κ1) is 22.3. The van der Waals surface area contributed by atoms with Gasteiger partial charge in [0.05, 0.1) is 6.54 Å². The normalized spacial score (nSPS) is 17.6.